The van der Waals surface area contributed by atoms with Crippen molar-refractivity contribution in [1.29, 1.82) is 0 Å². The molecule has 0 aromatic heterocycles. The molecule has 4 aliphatic carbocycles. The number of rotatable bonds is 1. The van der Waals surface area contributed by atoms with Crippen LogP contribution < -0.4 is 0 Å². The summed E-state index contributed by atoms with van der Waals surface area (Å²) in [6, 6.07) is 0. The summed E-state index contributed by atoms with van der Waals surface area (Å²) in [7, 11) is 1.41. The topological polar surface area (TPSA) is 60.4 Å². The summed E-state index contributed by atoms with van der Waals surface area (Å²) in [5.74, 6) is 2.02. The minimum absolute atomic E-state index is 0.0592. The van der Waals surface area contributed by atoms with Crippen molar-refractivity contribution in [3.63, 3.8) is 0 Å². The van der Waals surface area contributed by atoms with Crippen molar-refractivity contribution in [1.82, 2.24) is 0 Å². The van der Waals surface area contributed by atoms with Crippen LogP contribution >= 0.6 is 0 Å². The predicted molar refractivity (Wildman–Crippen MR) is 97.2 cm³/mol. The number of esters is 1. The second-order valence-corrected chi connectivity index (χ2v) is 9.54. The monoisotopic (exact) mass is 358 g/mol. The lowest BCUT2D eigenvalue weighted by atomic mass is 9.44. The molecule has 0 radical (unpaired) electrons. The van der Waals surface area contributed by atoms with Gasteiger partial charge in [-0.3, -0.25) is 9.59 Å². The predicted octanol–water partition coefficient (Wildman–Crippen LogP) is 3.88. The van der Waals surface area contributed by atoms with Gasteiger partial charge in [-0.1, -0.05) is 19.4 Å². The molecule has 4 rings (SSSR count). The maximum atomic E-state index is 12.6. The molecule has 0 aromatic carbocycles. The van der Waals surface area contributed by atoms with Crippen molar-refractivity contribution in [3.05, 3.63) is 11.6 Å². The van der Waals surface area contributed by atoms with E-state index in [2.05, 4.69) is 13.8 Å². The lowest BCUT2D eigenvalue weighted by Crippen LogP contribution is -2.54. The third-order valence-electron chi connectivity index (χ3n) is 8.59. The van der Waals surface area contributed by atoms with Gasteiger partial charge in [0, 0.05) is 30.8 Å². The van der Waals surface area contributed by atoms with Gasteiger partial charge in [0.1, 0.15) is 11.6 Å². The van der Waals surface area contributed by atoms with Gasteiger partial charge in [-0.15, -0.1) is 0 Å². The van der Waals surface area contributed by atoms with Crippen LogP contribution in [0.1, 0.15) is 65.2 Å². The minimum atomic E-state index is -0.320. The fourth-order valence-electron chi connectivity index (χ4n) is 7.09. The van der Waals surface area contributed by atoms with Gasteiger partial charge in [0.2, 0.25) is 0 Å². The van der Waals surface area contributed by atoms with Crippen LogP contribution in [0.3, 0.4) is 0 Å². The molecular formula is C22H30O4. The highest BCUT2D eigenvalue weighted by Gasteiger charge is 2.61. The first-order chi connectivity index (χ1) is 12.3. The summed E-state index contributed by atoms with van der Waals surface area (Å²) in [5.41, 5.74) is 0.978. The van der Waals surface area contributed by atoms with Gasteiger partial charge in [-0.2, -0.15) is 0 Å². The van der Waals surface area contributed by atoms with Crippen molar-refractivity contribution in [2.45, 2.75) is 65.2 Å². The number of allylic oxidation sites excluding steroid dienone is 1. The average molecular weight is 358 g/mol. The lowest BCUT2D eigenvalue weighted by molar-refractivity contribution is -0.140. The summed E-state index contributed by atoms with van der Waals surface area (Å²) in [6.07, 6.45) is 8.39. The zero-order chi connectivity index (χ0) is 18.7. The van der Waals surface area contributed by atoms with Gasteiger partial charge < -0.3 is 4.74 Å². The molecule has 4 fully saturated rings. The molecule has 0 aromatic rings. The van der Waals surface area contributed by atoms with Crippen LogP contribution in [-0.4, -0.2) is 24.6 Å². The Morgan fingerprint density at radius 3 is 2.58 bits per heavy atom. The van der Waals surface area contributed by atoms with Gasteiger partial charge in [0.15, 0.2) is 0 Å². The SMILES string of the molecule is COC(=O)/C=C1\C[C@@H]2[C@H](CC[C@]3(C)C(=O)CC[C@@H]23)[C@@]2(C)CCC(=O)CC12. The van der Waals surface area contributed by atoms with Gasteiger partial charge in [-0.25, -0.2) is 4.79 Å². The van der Waals surface area contributed by atoms with E-state index in [1.807, 2.05) is 0 Å². The molecule has 142 valence electrons. The van der Waals surface area contributed by atoms with E-state index in [1.165, 1.54) is 7.11 Å². The normalized spacial score (nSPS) is 46.5. The fourth-order valence-corrected chi connectivity index (χ4v) is 7.09. The van der Waals surface area contributed by atoms with E-state index in [1.54, 1.807) is 6.08 Å². The van der Waals surface area contributed by atoms with Crippen molar-refractivity contribution < 1.29 is 19.1 Å². The van der Waals surface area contributed by atoms with Crippen LogP contribution in [-0.2, 0) is 19.1 Å². The lowest BCUT2D eigenvalue weighted by Gasteiger charge is -2.60. The second kappa shape index (κ2) is 6.03. The van der Waals surface area contributed by atoms with Crippen LogP contribution in [0.2, 0.25) is 0 Å². The third-order valence-corrected chi connectivity index (χ3v) is 8.59. The van der Waals surface area contributed by atoms with Gasteiger partial charge in [0.05, 0.1) is 7.11 Å². The van der Waals surface area contributed by atoms with Crippen LogP contribution in [0, 0.1) is 34.5 Å². The van der Waals surface area contributed by atoms with Gasteiger partial charge in [0.25, 0.3) is 0 Å². The number of ether oxygens (including phenoxy) is 1. The van der Waals surface area contributed by atoms with E-state index in [-0.39, 0.29) is 22.7 Å². The number of ketones is 2. The molecule has 4 saturated carbocycles. The maximum absolute atomic E-state index is 12.6. The van der Waals surface area contributed by atoms with Crippen LogP contribution in [0.5, 0.6) is 0 Å². The molecule has 0 aliphatic heterocycles. The summed E-state index contributed by atoms with van der Waals surface area (Å²) in [4.78, 5) is 36.8. The van der Waals surface area contributed by atoms with Crippen molar-refractivity contribution in [2.75, 3.05) is 7.11 Å². The number of methoxy groups -OCH3 is 1. The largest absolute Gasteiger partial charge is 0.466 e. The molecule has 26 heavy (non-hydrogen) atoms. The zero-order valence-electron chi connectivity index (χ0n) is 16.2. The molecule has 0 amide bonds. The Labute approximate surface area is 155 Å². The number of carbonyl (C=O) groups excluding carboxylic acids is 3. The maximum Gasteiger partial charge on any atom is 0.330 e. The number of fused-ring (bicyclic) bond motifs is 5. The van der Waals surface area contributed by atoms with Crippen molar-refractivity contribution in [3.8, 4) is 0 Å². The molecule has 0 N–H and O–H groups in total. The van der Waals surface area contributed by atoms with E-state index in [9.17, 15) is 14.4 Å². The molecule has 4 aliphatic rings. The Hall–Kier alpha value is -1.45. The quantitative estimate of drug-likeness (QED) is 0.527. The molecule has 4 heteroatoms. The molecule has 0 saturated heterocycles. The smallest absolute Gasteiger partial charge is 0.330 e. The molecular weight excluding hydrogens is 328 g/mol. The molecule has 6 atom stereocenters. The van der Waals surface area contributed by atoms with Crippen molar-refractivity contribution >= 4 is 17.5 Å². The zero-order valence-corrected chi connectivity index (χ0v) is 16.2. The Morgan fingerprint density at radius 1 is 1.08 bits per heavy atom. The first kappa shape index (κ1) is 17.9. The van der Waals surface area contributed by atoms with Crippen LogP contribution in [0.25, 0.3) is 0 Å². The Kier molecular flexibility index (Phi) is 4.16. The van der Waals surface area contributed by atoms with E-state index in [0.717, 1.165) is 37.7 Å². The third kappa shape index (κ3) is 2.44. The van der Waals surface area contributed by atoms with E-state index >= 15 is 0 Å². The highest BCUT2D eigenvalue weighted by Crippen LogP contribution is 2.66. The standard InChI is InChI=1S/C22H30O4/c1-21-8-6-14(23)12-18(21)13(11-20(25)26-3)10-15-16-4-5-19(24)22(16,2)9-7-17(15)21/h11,15-18H,4-10,12H2,1-3H3/b13-11+/t15-,16-,17-,18?,21+,22-/m0/s1. The Bertz CT molecular complexity index is 692. The number of carbonyl (C=O) groups is 3. The molecule has 4 nitrogen and oxygen atoms in total. The average Bonchev–Trinajstić information content (AvgIpc) is 2.91. The number of hydrogen-bond donors (Lipinski definition) is 0. The Balaban J connectivity index is 1.75. The summed E-state index contributed by atoms with van der Waals surface area (Å²) in [6.45, 7) is 4.51. The minimum Gasteiger partial charge on any atom is -0.466 e. The van der Waals surface area contributed by atoms with E-state index in [0.29, 0.717) is 48.6 Å². The first-order valence-corrected chi connectivity index (χ1v) is 10.1. The molecule has 0 spiro atoms. The second-order valence-electron chi connectivity index (χ2n) is 9.54. The highest BCUT2D eigenvalue weighted by molar-refractivity contribution is 5.87. The molecule has 0 heterocycles. The van der Waals surface area contributed by atoms with Gasteiger partial charge >= 0.3 is 5.97 Å². The first-order valence-electron chi connectivity index (χ1n) is 10.1. The van der Waals surface area contributed by atoms with E-state index in [4.69, 9.17) is 4.74 Å². The molecule has 0 bridgehead atoms. The summed E-state index contributed by atoms with van der Waals surface area (Å²) < 4.78 is 4.90. The number of hydrogen-bond acceptors (Lipinski definition) is 4. The summed E-state index contributed by atoms with van der Waals surface area (Å²) in [5, 5.41) is 0. The number of Topliss-reactive ketones (excluding diaryl/α,β-unsaturated/α-hetero) is 2. The molecule has 1 unspecified atom stereocenters. The van der Waals surface area contributed by atoms with Crippen LogP contribution in [0.15, 0.2) is 11.6 Å². The Morgan fingerprint density at radius 2 is 1.85 bits per heavy atom. The van der Waals surface area contributed by atoms with Gasteiger partial charge in [-0.05, 0) is 61.2 Å². The highest BCUT2D eigenvalue weighted by atomic mass is 16.5. The van der Waals surface area contributed by atoms with E-state index < -0.39 is 0 Å². The van der Waals surface area contributed by atoms with Crippen molar-refractivity contribution in [2.24, 2.45) is 34.5 Å². The van der Waals surface area contributed by atoms with Crippen LogP contribution in [0.4, 0.5) is 0 Å². The fraction of sp³-hybridized carbons (Fsp3) is 0.773. The summed E-state index contributed by atoms with van der Waals surface area (Å²) >= 11 is 0.